The van der Waals surface area contributed by atoms with Crippen LogP contribution in [0.15, 0.2) is 46.5 Å². The highest BCUT2D eigenvalue weighted by Gasteiger charge is 2.05. The molecule has 0 spiro atoms. The van der Waals surface area contributed by atoms with Crippen LogP contribution < -0.4 is 16.2 Å². The first-order valence-electron chi connectivity index (χ1n) is 6.94. The monoisotopic (exact) mass is 332 g/mol. The summed E-state index contributed by atoms with van der Waals surface area (Å²) >= 11 is 1.14. The van der Waals surface area contributed by atoms with Crippen molar-refractivity contribution in [1.29, 1.82) is 0 Å². The van der Waals surface area contributed by atoms with Crippen molar-refractivity contribution in [2.75, 3.05) is 16.4 Å². The predicted octanol–water partition coefficient (Wildman–Crippen LogP) is 1.85. The molecule has 0 atom stereocenters. The summed E-state index contributed by atoms with van der Waals surface area (Å²) in [4.78, 5) is 40.7. The molecule has 2 rings (SSSR count). The minimum Gasteiger partial charge on any atom is -0.326 e. The van der Waals surface area contributed by atoms with Gasteiger partial charge in [0.05, 0.1) is 5.75 Å². The van der Waals surface area contributed by atoms with Crippen LogP contribution in [0.3, 0.4) is 0 Å². The molecule has 0 saturated carbocycles. The highest BCUT2D eigenvalue weighted by Crippen LogP contribution is 2.15. The molecule has 0 fully saturated rings. The molecule has 120 valence electrons. The van der Waals surface area contributed by atoms with Crippen molar-refractivity contribution in [2.45, 2.75) is 18.5 Å². The largest absolute Gasteiger partial charge is 0.326 e. The minimum atomic E-state index is -0.257. The molecular weight excluding hydrogens is 316 g/mol. The molecule has 1 aromatic carbocycles. The Morgan fingerprint density at radius 2 is 1.70 bits per heavy atom. The fourth-order valence-corrected chi connectivity index (χ4v) is 2.29. The fourth-order valence-electron chi connectivity index (χ4n) is 1.64. The molecule has 0 aliphatic carbocycles. The summed E-state index contributed by atoms with van der Waals surface area (Å²) < 4.78 is 0. The number of aromatic nitrogens is 2. The van der Waals surface area contributed by atoms with E-state index in [0.717, 1.165) is 11.8 Å². The van der Waals surface area contributed by atoms with Gasteiger partial charge in [0.15, 0.2) is 5.16 Å². The number of benzene rings is 1. The van der Waals surface area contributed by atoms with Crippen LogP contribution >= 0.6 is 11.8 Å². The number of carbonyl (C=O) groups is 2. The average molecular weight is 332 g/mol. The number of thioether (sulfide) groups is 1. The van der Waals surface area contributed by atoms with E-state index in [1.807, 2.05) is 0 Å². The first kappa shape index (κ1) is 16.8. The fraction of sp³-hybridized carbons (Fsp3) is 0.200. The molecule has 7 nitrogen and oxygen atoms in total. The van der Waals surface area contributed by atoms with E-state index in [4.69, 9.17) is 0 Å². The number of nitrogens with one attached hydrogen (secondary N) is 3. The average Bonchev–Trinajstić information content (AvgIpc) is 2.55. The van der Waals surface area contributed by atoms with E-state index in [2.05, 4.69) is 20.6 Å². The molecular formula is C15H16N4O3S. The first-order valence-corrected chi connectivity index (χ1v) is 7.93. The van der Waals surface area contributed by atoms with Crippen molar-refractivity contribution < 1.29 is 9.59 Å². The van der Waals surface area contributed by atoms with Gasteiger partial charge in [-0.25, -0.2) is 4.98 Å². The smallest absolute Gasteiger partial charge is 0.251 e. The molecule has 0 saturated heterocycles. The third-order valence-corrected chi connectivity index (χ3v) is 3.65. The Balaban J connectivity index is 1.85. The standard InChI is InChI=1S/C15H16N4O3S/c1-2-12(20)17-10-3-5-11(6-4-10)18-14(22)9-23-15-16-8-7-13(21)19-15/h3-8H,2,9H2,1H3,(H,17,20)(H,18,22)(H,16,19,21). The van der Waals surface area contributed by atoms with E-state index in [-0.39, 0.29) is 23.1 Å². The van der Waals surface area contributed by atoms with Crippen LogP contribution in [0, 0.1) is 0 Å². The van der Waals surface area contributed by atoms with Crippen molar-refractivity contribution in [3.8, 4) is 0 Å². The zero-order valence-corrected chi connectivity index (χ0v) is 13.3. The SMILES string of the molecule is CCC(=O)Nc1ccc(NC(=O)CSc2nccc(=O)[nH]2)cc1. The lowest BCUT2D eigenvalue weighted by Crippen LogP contribution is -2.15. The summed E-state index contributed by atoms with van der Waals surface area (Å²) in [5, 5.41) is 5.85. The van der Waals surface area contributed by atoms with E-state index in [9.17, 15) is 14.4 Å². The Morgan fingerprint density at radius 1 is 1.09 bits per heavy atom. The van der Waals surface area contributed by atoms with E-state index in [1.54, 1.807) is 31.2 Å². The molecule has 3 N–H and O–H groups in total. The number of nitrogens with zero attached hydrogens (tertiary/aromatic N) is 1. The number of aromatic amines is 1. The number of hydrogen-bond donors (Lipinski definition) is 3. The lowest BCUT2D eigenvalue weighted by molar-refractivity contribution is -0.116. The highest BCUT2D eigenvalue weighted by molar-refractivity contribution is 7.99. The number of amides is 2. The van der Waals surface area contributed by atoms with Crippen molar-refractivity contribution in [2.24, 2.45) is 0 Å². The van der Waals surface area contributed by atoms with Gasteiger partial charge in [0, 0.05) is 30.1 Å². The quantitative estimate of drug-likeness (QED) is 0.553. The third kappa shape index (κ3) is 5.59. The second-order valence-electron chi connectivity index (χ2n) is 4.56. The molecule has 0 aliphatic heterocycles. The number of anilines is 2. The van der Waals surface area contributed by atoms with Crippen LogP contribution in [0.5, 0.6) is 0 Å². The van der Waals surface area contributed by atoms with E-state index < -0.39 is 0 Å². The molecule has 0 radical (unpaired) electrons. The number of carbonyl (C=O) groups excluding carboxylic acids is 2. The molecule has 1 heterocycles. The molecule has 2 aromatic rings. The van der Waals surface area contributed by atoms with Gasteiger partial charge in [0.25, 0.3) is 5.56 Å². The van der Waals surface area contributed by atoms with E-state index in [0.29, 0.717) is 23.0 Å². The lowest BCUT2D eigenvalue weighted by Gasteiger charge is -2.07. The molecule has 8 heteroatoms. The predicted molar refractivity (Wildman–Crippen MR) is 89.6 cm³/mol. The normalized spacial score (nSPS) is 10.1. The molecule has 2 amide bonds. The van der Waals surface area contributed by atoms with Gasteiger partial charge in [-0.3, -0.25) is 14.4 Å². The Bertz CT molecular complexity index is 743. The van der Waals surface area contributed by atoms with Gasteiger partial charge in [-0.15, -0.1) is 0 Å². The van der Waals surface area contributed by atoms with Gasteiger partial charge < -0.3 is 15.6 Å². The number of rotatable bonds is 6. The Morgan fingerprint density at radius 3 is 2.26 bits per heavy atom. The summed E-state index contributed by atoms with van der Waals surface area (Å²) in [6, 6.07) is 8.15. The zero-order valence-electron chi connectivity index (χ0n) is 12.5. The zero-order chi connectivity index (χ0) is 16.7. The van der Waals surface area contributed by atoms with E-state index >= 15 is 0 Å². The second-order valence-corrected chi connectivity index (χ2v) is 5.52. The van der Waals surface area contributed by atoms with Crippen LogP contribution in [-0.4, -0.2) is 27.5 Å². The minimum absolute atomic E-state index is 0.0671. The van der Waals surface area contributed by atoms with Gasteiger partial charge in [-0.05, 0) is 24.3 Å². The maximum Gasteiger partial charge on any atom is 0.251 e. The summed E-state index contributed by atoms with van der Waals surface area (Å²) in [7, 11) is 0. The summed E-state index contributed by atoms with van der Waals surface area (Å²) in [5.74, 6) is -0.157. The molecule has 23 heavy (non-hydrogen) atoms. The Kier molecular flexibility index (Phi) is 5.93. The van der Waals surface area contributed by atoms with Gasteiger partial charge in [0.1, 0.15) is 0 Å². The topological polar surface area (TPSA) is 104 Å². The van der Waals surface area contributed by atoms with Gasteiger partial charge in [-0.1, -0.05) is 18.7 Å². The van der Waals surface area contributed by atoms with Crippen LogP contribution in [-0.2, 0) is 9.59 Å². The first-order chi connectivity index (χ1) is 11.1. The van der Waals surface area contributed by atoms with Crippen molar-refractivity contribution in [3.05, 3.63) is 46.9 Å². The maximum atomic E-state index is 11.9. The van der Waals surface area contributed by atoms with Crippen molar-refractivity contribution in [3.63, 3.8) is 0 Å². The molecule has 0 bridgehead atoms. The van der Waals surface area contributed by atoms with Crippen molar-refractivity contribution >= 4 is 35.0 Å². The number of H-pyrrole nitrogens is 1. The van der Waals surface area contributed by atoms with Crippen LogP contribution in [0.1, 0.15) is 13.3 Å². The van der Waals surface area contributed by atoms with Gasteiger partial charge in [-0.2, -0.15) is 0 Å². The Hall–Kier alpha value is -2.61. The molecule has 1 aromatic heterocycles. The summed E-state index contributed by atoms with van der Waals surface area (Å²) in [6.45, 7) is 1.77. The van der Waals surface area contributed by atoms with E-state index in [1.165, 1.54) is 12.3 Å². The second kappa shape index (κ2) is 8.14. The molecule has 0 aliphatic rings. The third-order valence-electron chi connectivity index (χ3n) is 2.76. The van der Waals surface area contributed by atoms with Crippen LogP contribution in [0.2, 0.25) is 0 Å². The van der Waals surface area contributed by atoms with Crippen molar-refractivity contribution in [1.82, 2.24) is 9.97 Å². The highest BCUT2D eigenvalue weighted by atomic mass is 32.2. The van der Waals surface area contributed by atoms with Gasteiger partial charge >= 0.3 is 0 Å². The summed E-state index contributed by atoms with van der Waals surface area (Å²) in [5.41, 5.74) is 1.04. The van der Waals surface area contributed by atoms with Crippen LogP contribution in [0.25, 0.3) is 0 Å². The van der Waals surface area contributed by atoms with Gasteiger partial charge in [0.2, 0.25) is 11.8 Å². The Labute approximate surface area is 136 Å². The summed E-state index contributed by atoms with van der Waals surface area (Å²) in [6.07, 6.45) is 1.80. The lowest BCUT2D eigenvalue weighted by atomic mass is 10.2. The van der Waals surface area contributed by atoms with Crippen LogP contribution in [0.4, 0.5) is 11.4 Å². The number of hydrogen-bond acceptors (Lipinski definition) is 5. The maximum absolute atomic E-state index is 11.9. The molecule has 0 unspecified atom stereocenters.